The molecule has 82 valence electrons. The summed E-state index contributed by atoms with van der Waals surface area (Å²) in [7, 11) is 0. The molecule has 1 saturated heterocycles. The van der Waals surface area contributed by atoms with Gasteiger partial charge in [-0.3, -0.25) is 4.98 Å². The van der Waals surface area contributed by atoms with Crippen LogP contribution in [-0.4, -0.2) is 24.8 Å². The van der Waals surface area contributed by atoms with Gasteiger partial charge in [0, 0.05) is 11.6 Å². The van der Waals surface area contributed by atoms with Gasteiger partial charge in [-0.2, -0.15) is 0 Å². The van der Waals surface area contributed by atoms with Crippen LogP contribution in [0, 0.1) is 0 Å². The minimum atomic E-state index is -0.0279. The second-order valence-electron chi connectivity index (χ2n) is 3.85. The normalized spacial score (nSPS) is 21.1. The van der Waals surface area contributed by atoms with Crippen LogP contribution in [0.2, 0.25) is 0 Å². The van der Waals surface area contributed by atoms with Crippen molar-refractivity contribution in [3.8, 4) is 0 Å². The van der Waals surface area contributed by atoms with Crippen LogP contribution in [0.4, 0.5) is 0 Å². The van der Waals surface area contributed by atoms with E-state index in [9.17, 15) is 0 Å². The fourth-order valence-electron chi connectivity index (χ4n) is 2.05. The van der Waals surface area contributed by atoms with Crippen LogP contribution in [-0.2, 0) is 9.47 Å². The zero-order valence-corrected chi connectivity index (χ0v) is 8.93. The van der Waals surface area contributed by atoms with E-state index in [2.05, 4.69) is 17.1 Å². The van der Waals surface area contributed by atoms with Gasteiger partial charge < -0.3 is 9.47 Å². The highest BCUT2D eigenvalue weighted by molar-refractivity contribution is 5.84. The molecule has 16 heavy (non-hydrogen) atoms. The van der Waals surface area contributed by atoms with Gasteiger partial charge in [0.15, 0.2) is 0 Å². The minimum Gasteiger partial charge on any atom is -0.376 e. The number of ether oxygens (including phenoxy) is 2. The van der Waals surface area contributed by atoms with Crippen molar-refractivity contribution in [2.75, 3.05) is 19.8 Å². The summed E-state index contributed by atoms with van der Waals surface area (Å²) in [5.41, 5.74) is 0.984. The number of rotatable bonds is 1. The first-order valence-corrected chi connectivity index (χ1v) is 5.48. The third-order valence-corrected chi connectivity index (χ3v) is 2.83. The second kappa shape index (κ2) is 4.20. The Bertz CT molecular complexity index is 487. The van der Waals surface area contributed by atoms with Gasteiger partial charge in [0.25, 0.3) is 0 Å². The molecule has 0 spiro atoms. The highest BCUT2D eigenvalue weighted by Gasteiger charge is 2.19. The fourth-order valence-corrected chi connectivity index (χ4v) is 2.05. The summed E-state index contributed by atoms with van der Waals surface area (Å²) in [5.74, 6) is 0. The summed E-state index contributed by atoms with van der Waals surface area (Å²) in [6, 6.07) is 10.2. The average molecular weight is 215 g/mol. The standard InChI is InChI=1S/C13H13NO2/c1-2-4-11-10(3-1)5-6-14-13(11)12-9-15-7-8-16-12/h1-6,12H,7-9H2/t12-/m0/s1. The Kier molecular flexibility index (Phi) is 2.56. The second-order valence-corrected chi connectivity index (χ2v) is 3.85. The van der Waals surface area contributed by atoms with E-state index < -0.39 is 0 Å². The number of pyridine rings is 1. The molecule has 3 rings (SSSR count). The van der Waals surface area contributed by atoms with Crippen molar-refractivity contribution < 1.29 is 9.47 Å². The Hall–Kier alpha value is -1.45. The van der Waals surface area contributed by atoms with E-state index in [-0.39, 0.29) is 6.10 Å². The van der Waals surface area contributed by atoms with E-state index in [1.54, 1.807) is 0 Å². The quantitative estimate of drug-likeness (QED) is 0.731. The molecular weight excluding hydrogens is 202 g/mol. The number of aromatic nitrogens is 1. The Morgan fingerprint density at radius 1 is 1.12 bits per heavy atom. The van der Waals surface area contributed by atoms with Crippen LogP contribution in [0.1, 0.15) is 11.8 Å². The molecule has 0 bridgehead atoms. The minimum absolute atomic E-state index is 0.0279. The van der Waals surface area contributed by atoms with E-state index in [0.29, 0.717) is 19.8 Å². The zero-order valence-electron chi connectivity index (χ0n) is 8.93. The molecule has 0 amide bonds. The molecule has 1 aliphatic heterocycles. The molecule has 3 heteroatoms. The molecule has 2 aromatic rings. The number of hydrogen-bond donors (Lipinski definition) is 0. The van der Waals surface area contributed by atoms with Crippen molar-refractivity contribution in [2.24, 2.45) is 0 Å². The number of hydrogen-bond acceptors (Lipinski definition) is 3. The van der Waals surface area contributed by atoms with E-state index in [4.69, 9.17) is 9.47 Å². The Labute approximate surface area is 94.0 Å². The molecule has 2 heterocycles. The van der Waals surface area contributed by atoms with Crippen LogP contribution in [0.25, 0.3) is 10.8 Å². The van der Waals surface area contributed by atoms with Crippen LogP contribution in [0.15, 0.2) is 36.5 Å². The first-order chi connectivity index (χ1) is 7.95. The Morgan fingerprint density at radius 3 is 2.94 bits per heavy atom. The summed E-state index contributed by atoms with van der Waals surface area (Å²) in [4.78, 5) is 4.43. The van der Waals surface area contributed by atoms with Crippen LogP contribution < -0.4 is 0 Å². The van der Waals surface area contributed by atoms with Crippen molar-refractivity contribution in [3.63, 3.8) is 0 Å². The van der Waals surface area contributed by atoms with Gasteiger partial charge in [-0.15, -0.1) is 0 Å². The van der Waals surface area contributed by atoms with Gasteiger partial charge in [0.05, 0.1) is 25.5 Å². The van der Waals surface area contributed by atoms with Gasteiger partial charge in [-0.1, -0.05) is 24.3 Å². The largest absolute Gasteiger partial charge is 0.376 e. The van der Waals surface area contributed by atoms with E-state index in [1.807, 2.05) is 24.4 Å². The third-order valence-electron chi connectivity index (χ3n) is 2.83. The molecule has 0 saturated carbocycles. The summed E-state index contributed by atoms with van der Waals surface area (Å²) in [6.07, 6.45) is 1.80. The smallest absolute Gasteiger partial charge is 0.123 e. The van der Waals surface area contributed by atoms with Crippen molar-refractivity contribution in [1.82, 2.24) is 4.98 Å². The predicted octanol–water partition coefficient (Wildman–Crippen LogP) is 2.32. The maximum atomic E-state index is 5.68. The molecule has 1 aliphatic rings. The molecule has 0 radical (unpaired) electrons. The molecular formula is C13H13NO2. The monoisotopic (exact) mass is 215 g/mol. The molecule has 0 aliphatic carbocycles. The van der Waals surface area contributed by atoms with Crippen molar-refractivity contribution in [3.05, 3.63) is 42.2 Å². The van der Waals surface area contributed by atoms with Crippen LogP contribution in [0.3, 0.4) is 0 Å². The summed E-state index contributed by atoms with van der Waals surface area (Å²) >= 11 is 0. The maximum absolute atomic E-state index is 5.68. The lowest BCUT2D eigenvalue weighted by Gasteiger charge is -2.23. The lowest BCUT2D eigenvalue weighted by atomic mass is 10.1. The average Bonchev–Trinajstić information content (AvgIpc) is 2.39. The number of nitrogens with zero attached hydrogens (tertiary/aromatic N) is 1. The predicted molar refractivity (Wildman–Crippen MR) is 61.3 cm³/mol. The zero-order chi connectivity index (χ0) is 10.8. The molecule has 1 aromatic carbocycles. The summed E-state index contributed by atoms with van der Waals surface area (Å²) in [5, 5.41) is 2.35. The van der Waals surface area contributed by atoms with Crippen molar-refractivity contribution in [2.45, 2.75) is 6.10 Å². The van der Waals surface area contributed by atoms with Gasteiger partial charge in [0.1, 0.15) is 6.10 Å². The molecule has 1 atom stereocenters. The van der Waals surface area contributed by atoms with E-state index >= 15 is 0 Å². The molecule has 3 nitrogen and oxygen atoms in total. The third kappa shape index (κ3) is 1.68. The number of fused-ring (bicyclic) bond motifs is 1. The molecule has 1 fully saturated rings. The molecule has 0 unspecified atom stereocenters. The summed E-state index contributed by atoms with van der Waals surface area (Å²) < 4.78 is 11.1. The van der Waals surface area contributed by atoms with Crippen molar-refractivity contribution in [1.29, 1.82) is 0 Å². The van der Waals surface area contributed by atoms with Gasteiger partial charge in [0.2, 0.25) is 0 Å². The first-order valence-electron chi connectivity index (χ1n) is 5.48. The first kappa shape index (κ1) is 9.75. The summed E-state index contributed by atoms with van der Waals surface area (Å²) in [6.45, 7) is 1.93. The van der Waals surface area contributed by atoms with E-state index in [1.165, 1.54) is 5.39 Å². The molecule has 1 aromatic heterocycles. The van der Waals surface area contributed by atoms with Gasteiger partial charge in [-0.25, -0.2) is 0 Å². The number of benzene rings is 1. The fraction of sp³-hybridized carbons (Fsp3) is 0.308. The van der Waals surface area contributed by atoms with Crippen LogP contribution >= 0.6 is 0 Å². The van der Waals surface area contributed by atoms with E-state index in [0.717, 1.165) is 11.1 Å². The van der Waals surface area contributed by atoms with Crippen LogP contribution in [0.5, 0.6) is 0 Å². The lowest BCUT2D eigenvalue weighted by Crippen LogP contribution is -2.22. The van der Waals surface area contributed by atoms with Gasteiger partial charge in [-0.05, 0) is 11.5 Å². The van der Waals surface area contributed by atoms with Crippen molar-refractivity contribution >= 4 is 10.8 Å². The van der Waals surface area contributed by atoms with Gasteiger partial charge >= 0.3 is 0 Å². The topological polar surface area (TPSA) is 31.4 Å². The Balaban J connectivity index is 2.08. The maximum Gasteiger partial charge on any atom is 0.123 e. The molecule has 0 N–H and O–H groups in total. The lowest BCUT2D eigenvalue weighted by molar-refractivity contribution is -0.0911. The Morgan fingerprint density at radius 2 is 2.06 bits per heavy atom. The highest BCUT2D eigenvalue weighted by Crippen LogP contribution is 2.26. The SMILES string of the molecule is c1ccc2c([C@@H]3COCCO3)nccc2c1. The highest BCUT2D eigenvalue weighted by atomic mass is 16.6.